The monoisotopic (exact) mass is 262 g/mol. The Morgan fingerprint density at radius 2 is 1.94 bits per heavy atom. The van der Waals surface area contributed by atoms with Gasteiger partial charge in [0, 0.05) is 16.4 Å². The molecule has 18 heavy (non-hydrogen) atoms. The maximum absolute atomic E-state index is 13.8. The molecule has 0 fully saturated rings. The number of aryl methyl sites for hydroxylation is 1. The van der Waals surface area contributed by atoms with E-state index in [9.17, 15) is 9.18 Å². The molecule has 94 valence electrons. The van der Waals surface area contributed by atoms with Crippen LogP contribution in [0.25, 0.3) is 10.4 Å². The van der Waals surface area contributed by atoms with Crippen LogP contribution in [-0.4, -0.2) is 5.78 Å². The zero-order chi connectivity index (χ0) is 13.3. The molecule has 0 saturated heterocycles. The summed E-state index contributed by atoms with van der Waals surface area (Å²) in [6.07, 6.45) is 0. The molecule has 1 aromatic heterocycles. The van der Waals surface area contributed by atoms with Gasteiger partial charge in [-0.05, 0) is 30.7 Å². The molecule has 0 atom stereocenters. The molecule has 0 bridgehead atoms. The second-order valence-electron chi connectivity index (χ2n) is 4.61. The van der Waals surface area contributed by atoms with E-state index in [0.29, 0.717) is 10.4 Å². The molecule has 2 rings (SSSR count). The van der Waals surface area contributed by atoms with E-state index >= 15 is 0 Å². The molecule has 0 aliphatic rings. The number of thiophene rings is 1. The molecule has 0 aliphatic heterocycles. The number of carbonyl (C=O) groups excluding carboxylic acids is 1. The number of hydrogen-bond acceptors (Lipinski definition) is 2. The molecule has 0 radical (unpaired) electrons. The average molecular weight is 262 g/mol. The van der Waals surface area contributed by atoms with Crippen LogP contribution >= 0.6 is 11.3 Å². The lowest BCUT2D eigenvalue weighted by molar-refractivity contribution is 0.0943. The van der Waals surface area contributed by atoms with Crippen molar-refractivity contribution in [2.75, 3.05) is 0 Å². The van der Waals surface area contributed by atoms with Gasteiger partial charge < -0.3 is 0 Å². The van der Waals surface area contributed by atoms with Gasteiger partial charge in [-0.15, -0.1) is 11.3 Å². The Labute approximate surface area is 110 Å². The molecule has 1 aromatic carbocycles. The fraction of sp³-hybridized carbons (Fsp3) is 0.267. The average Bonchev–Trinajstić information content (AvgIpc) is 2.77. The largest absolute Gasteiger partial charge is 0.293 e. The molecule has 0 aliphatic carbocycles. The molecule has 0 N–H and O–H groups in total. The predicted molar refractivity (Wildman–Crippen MR) is 73.6 cm³/mol. The van der Waals surface area contributed by atoms with Crippen molar-refractivity contribution in [2.45, 2.75) is 20.8 Å². The van der Waals surface area contributed by atoms with Gasteiger partial charge in [0.2, 0.25) is 0 Å². The van der Waals surface area contributed by atoms with E-state index in [4.69, 9.17) is 0 Å². The normalized spacial score (nSPS) is 10.9. The van der Waals surface area contributed by atoms with Crippen LogP contribution in [0, 0.1) is 18.7 Å². The molecular weight excluding hydrogens is 247 g/mol. The van der Waals surface area contributed by atoms with Gasteiger partial charge in [0.1, 0.15) is 5.82 Å². The number of carbonyl (C=O) groups is 1. The van der Waals surface area contributed by atoms with Crippen molar-refractivity contribution in [1.29, 1.82) is 0 Å². The van der Waals surface area contributed by atoms with Crippen LogP contribution in [-0.2, 0) is 0 Å². The maximum Gasteiger partial charge on any atom is 0.175 e. The first-order chi connectivity index (χ1) is 8.50. The van der Waals surface area contributed by atoms with Crippen LogP contribution in [0.4, 0.5) is 4.39 Å². The summed E-state index contributed by atoms with van der Waals surface area (Å²) in [5, 5.41) is 0. The number of benzene rings is 1. The third kappa shape index (κ3) is 2.36. The number of hydrogen-bond donors (Lipinski definition) is 0. The SMILES string of the molecule is Cc1cccc(F)c1-c1ccc(C(=O)C(C)C)s1. The van der Waals surface area contributed by atoms with Crippen LogP contribution in [0.1, 0.15) is 29.1 Å². The summed E-state index contributed by atoms with van der Waals surface area (Å²) in [7, 11) is 0. The first-order valence-electron chi connectivity index (χ1n) is 5.90. The Balaban J connectivity index is 2.45. The molecule has 2 aromatic rings. The lowest BCUT2D eigenvalue weighted by Crippen LogP contribution is -2.04. The van der Waals surface area contributed by atoms with Crippen molar-refractivity contribution >= 4 is 17.1 Å². The van der Waals surface area contributed by atoms with Gasteiger partial charge in [-0.1, -0.05) is 26.0 Å². The summed E-state index contributed by atoms with van der Waals surface area (Å²) in [5.74, 6) is -0.154. The van der Waals surface area contributed by atoms with Crippen LogP contribution < -0.4 is 0 Å². The second kappa shape index (κ2) is 5.02. The van der Waals surface area contributed by atoms with Crippen molar-refractivity contribution < 1.29 is 9.18 Å². The third-order valence-corrected chi connectivity index (χ3v) is 3.96. The highest BCUT2D eigenvalue weighted by Crippen LogP contribution is 2.33. The minimum Gasteiger partial charge on any atom is -0.293 e. The van der Waals surface area contributed by atoms with Crippen molar-refractivity contribution in [3.05, 3.63) is 46.6 Å². The topological polar surface area (TPSA) is 17.1 Å². The minimum absolute atomic E-state index is 0.0294. The van der Waals surface area contributed by atoms with Crippen molar-refractivity contribution in [2.24, 2.45) is 5.92 Å². The smallest absolute Gasteiger partial charge is 0.175 e. The number of halogens is 1. The van der Waals surface area contributed by atoms with Crippen molar-refractivity contribution in [1.82, 2.24) is 0 Å². The third-order valence-electron chi connectivity index (χ3n) is 2.84. The van der Waals surface area contributed by atoms with Crippen molar-refractivity contribution in [3.63, 3.8) is 0 Å². The van der Waals surface area contributed by atoms with Crippen LogP contribution in [0.3, 0.4) is 0 Å². The van der Waals surface area contributed by atoms with Gasteiger partial charge in [0.25, 0.3) is 0 Å². The Hall–Kier alpha value is -1.48. The molecule has 0 unspecified atom stereocenters. The molecule has 0 amide bonds. The number of ketones is 1. The highest BCUT2D eigenvalue weighted by atomic mass is 32.1. The van der Waals surface area contributed by atoms with Crippen LogP contribution in [0.2, 0.25) is 0 Å². The summed E-state index contributed by atoms with van der Waals surface area (Å²) in [6, 6.07) is 8.63. The molecule has 0 saturated carbocycles. The summed E-state index contributed by atoms with van der Waals surface area (Å²) in [6.45, 7) is 5.62. The fourth-order valence-corrected chi connectivity index (χ4v) is 3.04. The fourth-order valence-electron chi connectivity index (χ4n) is 1.83. The maximum atomic E-state index is 13.8. The van der Waals surface area contributed by atoms with Gasteiger partial charge in [0.05, 0.1) is 4.88 Å². The van der Waals surface area contributed by atoms with Gasteiger partial charge >= 0.3 is 0 Å². The first-order valence-corrected chi connectivity index (χ1v) is 6.72. The van der Waals surface area contributed by atoms with E-state index in [1.54, 1.807) is 12.1 Å². The zero-order valence-corrected chi connectivity index (χ0v) is 11.5. The Morgan fingerprint density at radius 1 is 1.22 bits per heavy atom. The molecule has 3 heteroatoms. The van der Waals surface area contributed by atoms with Gasteiger partial charge in [-0.3, -0.25) is 4.79 Å². The Morgan fingerprint density at radius 3 is 2.56 bits per heavy atom. The van der Waals surface area contributed by atoms with E-state index in [1.165, 1.54) is 17.4 Å². The first kappa shape index (κ1) is 13.0. The predicted octanol–water partition coefficient (Wildman–Crippen LogP) is 4.70. The molecule has 0 spiro atoms. The van der Waals surface area contributed by atoms with Crippen LogP contribution in [0.15, 0.2) is 30.3 Å². The summed E-state index contributed by atoms with van der Waals surface area (Å²) in [4.78, 5) is 13.4. The summed E-state index contributed by atoms with van der Waals surface area (Å²) >= 11 is 1.36. The quantitative estimate of drug-likeness (QED) is 0.733. The van der Waals surface area contributed by atoms with Gasteiger partial charge in [0.15, 0.2) is 5.78 Å². The van der Waals surface area contributed by atoms with Crippen molar-refractivity contribution in [3.8, 4) is 10.4 Å². The Kier molecular flexibility index (Phi) is 3.62. The summed E-state index contributed by atoms with van der Waals surface area (Å²) in [5.41, 5.74) is 1.49. The summed E-state index contributed by atoms with van der Waals surface area (Å²) < 4.78 is 13.8. The van der Waals surface area contributed by atoms with E-state index < -0.39 is 0 Å². The molecular formula is C15H15FOS. The van der Waals surface area contributed by atoms with Gasteiger partial charge in [-0.25, -0.2) is 4.39 Å². The van der Waals surface area contributed by atoms with E-state index in [2.05, 4.69) is 0 Å². The highest BCUT2D eigenvalue weighted by Gasteiger charge is 2.16. The molecule has 1 heterocycles. The Bertz CT molecular complexity index is 564. The molecule has 1 nitrogen and oxygen atoms in total. The lowest BCUT2D eigenvalue weighted by atomic mass is 10.1. The zero-order valence-electron chi connectivity index (χ0n) is 10.7. The number of rotatable bonds is 3. The van der Waals surface area contributed by atoms with E-state index in [0.717, 1.165) is 10.4 Å². The van der Waals surface area contributed by atoms with E-state index in [-0.39, 0.29) is 17.5 Å². The standard InChI is InChI=1S/C15H15FOS/c1-9(2)15(17)13-8-7-12(18-13)14-10(3)5-4-6-11(14)16/h4-9H,1-3H3. The second-order valence-corrected chi connectivity index (χ2v) is 5.70. The van der Waals surface area contributed by atoms with Crippen LogP contribution in [0.5, 0.6) is 0 Å². The van der Waals surface area contributed by atoms with Gasteiger partial charge in [-0.2, -0.15) is 0 Å². The lowest BCUT2D eigenvalue weighted by Gasteiger charge is -2.04. The van der Waals surface area contributed by atoms with E-state index in [1.807, 2.05) is 32.9 Å². The highest BCUT2D eigenvalue weighted by molar-refractivity contribution is 7.17. The minimum atomic E-state index is -0.236. The number of Topliss-reactive ketones (excluding diaryl/α,β-unsaturated/α-hetero) is 1.